The zero-order valence-electron chi connectivity index (χ0n) is 10.8. The van der Waals surface area contributed by atoms with Crippen LogP contribution in [0, 0.1) is 5.82 Å². The first-order chi connectivity index (χ1) is 9.15. The van der Waals surface area contributed by atoms with Crippen LogP contribution in [0.25, 0.3) is 0 Å². The summed E-state index contributed by atoms with van der Waals surface area (Å²) >= 11 is 1.40. The van der Waals surface area contributed by atoms with E-state index in [4.69, 9.17) is 5.73 Å². The molecule has 0 saturated carbocycles. The van der Waals surface area contributed by atoms with Crippen molar-refractivity contribution < 1.29 is 4.39 Å². The Morgan fingerprint density at radius 2 is 2.05 bits per heavy atom. The minimum atomic E-state index is -0.285. The molecule has 0 bridgehead atoms. The first kappa shape index (κ1) is 13.6. The van der Waals surface area contributed by atoms with E-state index in [1.165, 1.54) is 17.8 Å². The van der Waals surface area contributed by atoms with Crippen LogP contribution in [0.5, 0.6) is 0 Å². The third-order valence-corrected chi connectivity index (χ3v) is 3.18. The van der Waals surface area contributed by atoms with Gasteiger partial charge in [-0.3, -0.25) is 0 Å². The van der Waals surface area contributed by atoms with Crippen LogP contribution in [-0.2, 0) is 0 Å². The summed E-state index contributed by atoms with van der Waals surface area (Å²) in [6, 6.07) is 8.25. The zero-order valence-corrected chi connectivity index (χ0v) is 11.6. The Morgan fingerprint density at radius 1 is 1.32 bits per heavy atom. The molecular weight excluding hydrogens is 263 g/mol. The maximum atomic E-state index is 13.9. The van der Waals surface area contributed by atoms with Crippen molar-refractivity contribution in [2.75, 3.05) is 23.4 Å². The molecule has 0 saturated heterocycles. The minimum absolute atomic E-state index is 0.285. The fourth-order valence-corrected chi connectivity index (χ4v) is 2.17. The van der Waals surface area contributed by atoms with E-state index < -0.39 is 0 Å². The Morgan fingerprint density at radius 3 is 2.68 bits per heavy atom. The molecule has 0 radical (unpaired) electrons. The van der Waals surface area contributed by atoms with Gasteiger partial charge in [0.05, 0.1) is 5.69 Å². The summed E-state index contributed by atoms with van der Waals surface area (Å²) in [7, 11) is 0. The number of nitrogen functional groups attached to an aromatic ring is 1. The maximum Gasteiger partial charge on any atom is 0.191 e. The van der Waals surface area contributed by atoms with E-state index in [9.17, 15) is 4.39 Å². The van der Waals surface area contributed by atoms with Crippen molar-refractivity contribution in [2.45, 2.75) is 12.1 Å². The topological polar surface area (TPSA) is 55.0 Å². The van der Waals surface area contributed by atoms with Gasteiger partial charge in [-0.1, -0.05) is 23.9 Å². The second-order valence-corrected chi connectivity index (χ2v) is 4.61. The number of benzene rings is 1. The molecular formula is C13H15FN4S. The van der Waals surface area contributed by atoms with Crippen molar-refractivity contribution in [3.05, 3.63) is 36.1 Å². The number of rotatable bonds is 4. The average Bonchev–Trinajstić information content (AvgIpc) is 2.41. The molecule has 6 heteroatoms. The lowest BCUT2D eigenvalue weighted by Crippen LogP contribution is -2.19. The van der Waals surface area contributed by atoms with Crippen LogP contribution in [0.2, 0.25) is 0 Å². The monoisotopic (exact) mass is 278 g/mol. The van der Waals surface area contributed by atoms with Crippen LogP contribution in [-0.4, -0.2) is 22.8 Å². The lowest BCUT2D eigenvalue weighted by molar-refractivity contribution is 0.625. The molecule has 0 spiro atoms. The molecule has 0 amide bonds. The molecule has 1 aromatic heterocycles. The summed E-state index contributed by atoms with van der Waals surface area (Å²) in [6.07, 6.45) is 1.87. The first-order valence-corrected chi connectivity index (χ1v) is 7.08. The molecule has 4 nitrogen and oxygen atoms in total. The molecule has 0 aliphatic heterocycles. The van der Waals surface area contributed by atoms with Crippen LogP contribution in [0.15, 0.2) is 35.5 Å². The molecule has 100 valence electrons. The first-order valence-electron chi connectivity index (χ1n) is 5.86. The fraction of sp³-hybridized carbons (Fsp3) is 0.231. The number of halogens is 1. The van der Waals surface area contributed by atoms with Gasteiger partial charge in [0.15, 0.2) is 5.16 Å². The minimum Gasteiger partial charge on any atom is -0.383 e. The Labute approximate surface area is 115 Å². The van der Waals surface area contributed by atoms with E-state index in [-0.39, 0.29) is 5.82 Å². The number of thioether (sulfide) groups is 1. The van der Waals surface area contributed by atoms with Crippen molar-refractivity contribution in [3.63, 3.8) is 0 Å². The smallest absolute Gasteiger partial charge is 0.191 e. The van der Waals surface area contributed by atoms with Gasteiger partial charge in [-0.05, 0) is 25.3 Å². The van der Waals surface area contributed by atoms with Gasteiger partial charge in [0.25, 0.3) is 0 Å². The Kier molecular flexibility index (Phi) is 4.21. The van der Waals surface area contributed by atoms with E-state index in [1.807, 2.05) is 13.2 Å². The SMILES string of the molecule is CCN(c1cc(N)nc(SC)n1)c1ccccc1F. The lowest BCUT2D eigenvalue weighted by atomic mass is 10.2. The number of nitrogens with zero attached hydrogens (tertiary/aromatic N) is 3. The number of hydrogen-bond acceptors (Lipinski definition) is 5. The van der Waals surface area contributed by atoms with Crippen molar-refractivity contribution in [1.29, 1.82) is 0 Å². The second kappa shape index (κ2) is 5.88. The highest BCUT2D eigenvalue weighted by Crippen LogP contribution is 2.28. The van der Waals surface area contributed by atoms with Crippen LogP contribution < -0.4 is 10.6 Å². The molecule has 2 rings (SSSR count). The van der Waals surface area contributed by atoms with Gasteiger partial charge in [0.1, 0.15) is 17.5 Å². The van der Waals surface area contributed by atoms with E-state index >= 15 is 0 Å². The van der Waals surface area contributed by atoms with E-state index in [2.05, 4.69) is 9.97 Å². The highest BCUT2D eigenvalue weighted by Gasteiger charge is 2.14. The second-order valence-electron chi connectivity index (χ2n) is 3.83. The standard InChI is InChI=1S/C13H15FN4S/c1-3-18(10-7-5-4-6-9(10)14)12-8-11(15)16-13(17-12)19-2/h4-8H,3H2,1-2H3,(H2,15,16,17). The number of aromatic nitrogens is 2. The van der Waals surface area contributed by atoms with Gasteiger partial charge < -0.3 is 10.6 Å². The van der Waals surface area contributed by atoms with E-state index in [0.717, 1.165) is 0 Å². The van der Waals surface area contributed by atoms with Crippen LogP contribution in [0.3, 0.4) is 0 Å². The summed E-state index contributed by atoms with van der Waals surface area (Å²) in [4.78, 5) is 10.2. The normalized spacial score (nSPS) is 10.5. The van der Waals surface area contributed by atoms with Crippen molar-refractivity contribution in [1.82, 2.24) is 9.97 Å². The average molecular weight is 278 g/mol. The predicted octanol–water partition coefficient (Wildman–Crippen LogP) is 3.08. The summed E-state index contributed by atoms with van der Waals surface area (Å²) in [5.41, 5.74) is 6.24. The Bertz CT molecular complexity index is 576. The largest absolute Gasteiger partial charge is 0.383 e. The van der Waals surface area contributed by atoms with Gasteiger partial charge in [0, 0.05) is 12.6 Å². The van der Waals surface area contributed by atoms with Crippen LogP contribution in [0.1, 0.15) is 6.92 Å². The molecule has 0 aliphatic rings. The maximum absolute atomic E-state index is 13.9. The van der Waals surface area contributed by atoms with Gasteiger partial charge in [-0.15, -0.1) is 0 Å². The van der Waals surface area contributed by atoms with Crippen LogP contribution in [0.4, 0.5) is 21.7 Å². The molecule has 0 unspecified atom stereocenters. The number of para-hydroxylation sites is 1. The van der Waals surface area contributed by atoms with E-state index in [0.29, 0.717) is 29.0 Å². The van der Waals surface area contributed by atoms with E-state index in [1.54, 1.807) is 29.2 Å². The summed E-state index contributed by atoms with van der Waals surface area (Å²) in [5.74, 6) is 0.695. The van der Waals surface area contributed by atoms with Crippen LogP contribution >= 0.6 is 11.8 Å². The highest BCUT2D eigenvalue weighted by atomic mass is 32.2. The number of nitrogens with two attached hydrogens (primary N) is 1. The van der Waals surface area contributed by atoms with Crippen molar-refractivity contribution in [2.24, 2.45) is 0 Å². The molecule has 0 fully saturated rings. The molecule has 0 atom stereocenters. The van der Waals surface area contributed by atoms with Gasteiger partial charge >= 0.3 is 0 Å². The predicted molar refractivity (Wildman–Crippen MR) is 77.3 cm³/mol. The number of anilines is 3. The molecule has 1 heterocycles. The molecule has 2 N–H and O–H groups in total. The highest BCUT2D eigenvalue weighted by molar-refractivity contribution is 7.98. The Balaban J connectivity index is 2.48. The molecule has 1 aromatic carbocycles. The number of hydrogen-bond donors (Lipinski definition) is 1. The summed E-state index contributed by atoms with van der Waals surface area (Å²) < 4.78 is 13.9. The van der Waals surface area contributed by atoms with Gasteiger partial charge in [-0.25, -0.2) is 14.4 Å². The van der Waals surface area contributed by atoms with Crippen molar-refractivity contribution >= 4 is 29.1 Å². The quantitative estimate of drug-likeness (QED) is 0.688. The third kappa shape index (κ3) is 2.96. The third-order valence-electron chi connectivity index (χ3n) is 2.63. The lowest BCUT2D eigenvalue weighted by Gasteiger charge is -2.23. The summed E-state index contributed by atoms with van der Waals surface area (Å²) in [6.45, 7) is 2.52. The van der Waals surface area contributed by atoms with Crippen molar-refractivity contribution in [3.8, 4) is 0 Å². The summed E-state index contributed by atoms with van der Waals surface area (Å²) in [5, 5.41) is 0.574. The van der Waals surface area contributed by atoms with Gasteiger partial charge in [-0.2, -0.15) is 0 Å². The molecule has 2 aromatic rings. The molecule has 0 aliphatic carbocycles. The molecule has 19 heavy (non-hydrogen) atoms. The van der Waals surface area contributed by atoms with Gasteiger partial charge in [0.2, 0.25) is 0 Å². The zero-order chi connectivity index (χ0) is 13.8. The Hall–Kier alpha value is -1.82. The fourth-order valence-electron chi connectivity index (χ4n) is 1.79.